The lowest BCUT2D eigenvalue weighted by molar-refractivity contribution is -0.137. The predicted molar refractivity (Wildman–Crippen MR) is 160 cm³/mol. The highest BCUT2D eigenvalue weighted by atomic mass is 19.4. The van der Waals surface area contributed by atoms with E-state index in [1.807, 2.05) is 37.4 Å². The lowest BCUT2D eigenvalue weighted by atomic mass is 9.88. The number of rotatable bonds is 8. The number of hydrogen-bond acceptors (Lipinski definition) is 7. The van der Waals surface area contributed by atoms with Gasteiger partial charge in [-0.05, 0) is 49.7 Å². The summed E-state index contributed by atoms with van der Waals surface area (Å²) in [7, 11) is 2.01. The van der Waals surface area contributed by atoms with Crippen molar-refractivity contribution in [2.24, 2.45) is 0 Å². The molecule has 2 amide bonds. The Morgan fingerprint density at radius 1 is 1.00 bits per heavy atom. The van der Waals surface area contributed by atoms with Gasteiger partial charge in [0.1, 0.15) is 11.4 Å². The van der Waals surface area contributed by atoms with Crippen molar-refractivity contribution in [2.75, 3.05) is 43.9 Å². The van der Waals surface area contributed by atoms with Gasteiger partial charge in [-0.25, -0.2) is 9.78 Å². The van der Waals surface area contributed by atoms with Crippen LogP contribution in [-0.4, -0.2) is 87.1 Å². The summed E-state index contributed by atoms with van der Waals surface area (Å²) in [5, 5.41) is 15.9. The van der Waals surface area contributed by atoms with Crippen LogP contribution in [0, 0.1) is 0 Å². The number of carbonyl (C=O) groups excluding carboxylic acids is 1. The molecule has 3 aromatic rings. The fourth-order valence-electron chi connectivity index (χ4n) is 5.71. The molecule has 0 bridgehead atoms. The number of nitrogens with one attached hydrogen (secondary N) is 2. The lowest BCUT2D eigenvalue weighted by Crippen LogP contribution is -2.50. The molecule has 44 heavy (non-hydrogen) atoms. The Hall–Kier alpha value is -4.39. The zero-order chi connectivity index (χ0) is 31.3. The SMILES string of the molecule is CN1CCN(C(=O)c2ccc(Nc3ncc(C(F)(F)F)c(N[C@@H]4CCCC[C@@H]4N(Cc4ccccc4)C(=O)O)n3)cc2)CC1. The molecule has 0 unspecified atom stereocenters. The third-order valence-electron chi connectivity index (χ3n) is 8.17. The van der Waals surface area contributed by atoms with E-state index in [0.717, 1.165) is 37.7 Å². The van der Waals surface area contributed by atoms with Crippen LogP contribution in [0.2, 0.25) is 0 Å². The van der Waals surface area contributed by atoms with Gasteiger partial charge in [0, 0.05) is 56.2 Å². The maximum atomic E-state index is 14.0. The van der Waals surface area contributed by atoms with Gasteiger partial charge < -0.3 is 25.5 Å². The van der Waals surface area contributed by atoms with Crippen LogP contribution in [-0.2, 0) is 12.7 Å². The summed E-state index contributed by atoms with van der Waals surface area (Å²) in [6, 6.07) is 14.6. The number of hydrogen-bond donors (Lipinski definition) is 3. The Morgan fingerprint density at radius 3 is 2.34 bits per heavy atom. The van der Waals surface area contributed by atoms with Crippen LogP contribution in [0.25, 0.3) is 0 Å². The first-order valence-corrected chi connectivity index (χ1v) is 14.7. The molecule has 2 aliphatic rings. The number of likely N-dealkylation sites (N-methyl/N-ethyl adjacent to an activating group) is 1. The second-order valence-corrected chi connectivity index (χ2v) is 11.3. The third kappa shape index (κ3) is 7.57. The molecule has 0 radical (unpaired) electrons. The van der Waals surface area contributed by atoms with Crippen LogP contribution in [0.15, 0.2) is 60.8 Å². The Balaban J connectivity index is 1.34. The summed E-state index contributed by atoms with van der Waals surface area (Å²) in [5.41, 5.74) is 0.768. The Bertz CT molecular complexity index is 1430. The molecule has 1 aromatic heterocycles. The molecule has 10 nitrogen and oxygen atoms in total. The average Bonchev–Trinajstić information content (AvgIpc) is 3.01. The van der Waals surface area contributed by atoms with Gasteiger partial charge in [0.2, 0.25) is 5.95 Å². The molecule has 3 N–H and O–H groups in total. The minimum atomic E-state index is -4.73. The van der Waals surface area contributed by atoms with Crippen LogP contribution in [0.3, 0.4) is 0 Å². The topological polar surface area (TPSA) is 114 Å². The second-order valence-electron chi connectivity index (χ2n) is 11.3. The van der Waals surface area contributed by atoms with Crippen LogP contribution in [0.5, 0.6) is 0 Å². The molecule has 2 atom stereocenters. The van der Waals surface area contributed by atoms with Gasteiger partial charge in [-0.15, -0.1) is 0 Å². The Kier molecular flexibility index (Phi) is 9.52. The van der Waals surface area contributed by atoms with E-state index in [0.29, 0.717) is 37.2 Å². The van der Waals surface area contributed by atoms with Gasteiger partial charge in [-0.1, -0.05) is 43.2 Å². The first kappa shape index (κ1) is 31.0. The van der Waals surface area contributed by atoms with E-state index in [-0.39, 0.29) is 18.4 Å². The van der Waals surface area contributed by atoms with Gasteiger partial charge in [0.25, 0.3) is 5.91 Å². The first-order valence-electron chi connectivity index (χ1n) is 14.7. The van der Waals surface area contributed by atoms with Crippen molar-refractivity contribution >= 4 is 29.5 Å². The van der Waals surface area contributed by atoms with Crippen molar-refractivity contribution < 1.29 is 27.9 Å². The number of halogens is 3. The highest BCUT2D eigenvalue weighted by molar-refractivity contribution is 5.94. The van der Waals surface area contributed by atoms with Crippen LogP contribution < -0.4 is 10.6 Å². The second kappa shape index (κ2) is 13.5. The van der Waals surface area contributed by atoms with E-state index in [1.165, 1.54) is 4.90 Å². The third-order valence-corrected chi connectivity index (χ3v) is 8.17. The summed E-state index contributed by atoms with van der Waals surface area (Å²) in [4.78, 5) is 38.5. The number of carbonyl (C=O) groups is 2. The van der Waals surface area contributed by atoms with Crippen molar-refractivity contribution in [3.05, 3.63) is 77.5 Å². The number of benzene rings is 2. The molecule has 234 valence electrons. The fraction of sp³-hybridized carbons (Fsp3) is 0.419. The molecule has 2 aromatic carbocycles. The zero-order valence-electron chi connectivity index (χ0n) is 24.4. The predicted octanol–water partition coefficient (Wildman–Crippen LogP) is 5.53. The number of amides is 2. The molecule has 2 fully saturated rings. The van der Waals surface area contributed by atoms with E-state index in [4.69, 9.17) is 0 Å². The van der Waals surface area contributed by atoms with E-state index < -0.39 is 35.7 Å². The van der Waals surface area contributed by atoms with Crippen molar-refractivity contribution in [3.63, 3.8) is 0 Å². The van der Waals surface area contributed by atoms with E-state index in [9.17, 15) is 27.9 Å². The van der Waals surface area contributed by atoms with Gasteiger partial charge in [0.05, 0.1) is 6.04 Å². The molecule has 5 rings (SSSR count). The van der Waals surface area contributed by atoms with Crippen molar-refractivity contribution in [3.8, 4) is 0 Å². The smallest absolute Gasteiger partial charge is 0.421 e. The van der Waals surface area contributed by atoms with Crippen LogP contribution >= 0.6 is 0 Å². The lowest BCUT2D eigenvalue weighted by Gasteiger charge is -2.39. The fourth-order valence-corrected chi connectivity index (χ4v) is 5.71. The molecule has 0 spiro atoms. The Morgan fingerprint density at radius 2 is 1.68 bits per heavy atom. The van der Waals surface area contributed by atoms with Gasteiger partial charge in [-0.3, -0.25) is 9.69 Å². The zero-order valence-corrected chi connectivity index (χ0v) is 24.4. The number of nitrogens with zero attached hydrogens (tertiary/aromatic N) is 5. The molecule has 1 aliphatic heterocycles. The van der Waals surface area contributed by atoms with E-state index >= 15 is 0 Å². The van der Waals surface area contributed by atoms with Crippen LogP contribution in [0.4, 0.5) is 35.4 Å². The molecule has 1 aliphatic carbocycles. The molecule has 13 heteroatoms. The van der Waals surface area contributed by atoms with Gasteiger partial charge in [-0.2, -0.15) is 18.2 Å². The highest BCUT2D eigenvalue weighted by Crippen LogP contribution is 2.36. The normalized spacial score (nSPS) is 19.3. The summed E-state index contributed by atoms with van der Waals surface area (Å²) < 4.78 is 42.1. The molecular weight excluding hydrogens is 575 g/mol. The van der Waals surface area contributed by atoms with Crippen molar-refractivity contribution in [1.82, 2.24) is 24.7 Å². The quantitative estimate of drug-likeness (QED) is 0.305. The maximum Gasteiger partial charge on any atom is 0.421 e. The average molecular weight is 612 g/mol. The summed E-state index contributed by atoms with van der Waals surface area (Å²) in [5.74, 6) is -0.559. The minimum absolute atomic E-state index is 0.0645. The maximum absolute atomic E-state index is 14.0. The van der Waals surface area contributed by atoms with Gasteiger partial charge in [0.15, 0.2) is 0 Å². The number of piperazine rings is 1. The largest absolute Gasteiger partial charge is 0.465 e. The summed E-state index contributed by atoms with van der Waals surface area (Å²) in [6.45, 7) is 3.01. The monoisotopic (exact) mass is 611 g/mol. The van der Waals surface area contributed by atoms with E-state index in [1.54, 1.807) is 29.2 Å². The van der Waals surface area contributed by atoms with Crippen molar-refractivity contribution in [2.45, 2.75) is 50.5 Å². The Labute approximate surface area is 253 Å². The standard InChI is InChI=1S/C31H36F3N7O3/c1-39-15-17-40(18-16-39)28(42)22-11-13-23(14-12-22)36-29-35-19-24(31(32,33)34)27(38-29)37-25-9-5-6-10-26(25)41(30(43)44)20-21-7-3-2-4-8-21/h2-4,7-8,11-14,19,25-26H,5-6,9-10,15-18,20H2,1H3,(H,43,44)(H2,35,36,37,38)/t25-,26+/m1/s1. The number of carboxylic acid groups (broad SMARTS) is 1. The van der Waals surface area contributed by atoms with Gasteiger partial charge >= 0.3 is 12.3 Å². The molecule has 1 saturated carbocycles. The number of anilines is 3. The van der Waals surface area contributed by atoms with Crippen molar-refractivity contribution in [1.29, 1.82) is 0 Å². The summed E-state index contributed by atoms with van der Waals surface area (Å²) >= 11 is 0. The molecular formula is C31H36F3N7O3. The molecule has 1 saturated heterocycles. The summed E-state index contributed by atoms with van der Waals surface area (Å²) in [6.07, 6.45) is -2.65. The van der Waals surface area contributed by atoms with E-state index in [2.05, 4.69) is 25.5 Å². The van der Waals surface area contributed by atoms with Crippen LogP contribution in [0.1, 0.15) is 47.2 Å². The molecule has 2 heterocycles. The number of alkyl halides is 3. The number of aromatic nitrogens is 2. The first-order chi connectivity index (χ1) is 21.1. The minimum Gasteiger partial charge on any atom is -0.465 e. The highest BCUT2D eigenvalue weighted by Gasteiger charge is 2.38.